The van der Waals surface area contributed by atoms with Gasteiger partial charge in [0.1, 0.15) is 23.8 Å². The van der Waals surface area contributed by atoms with Crippen molar-refractivity contribution >= 4 is 22.6 Å². The van der Waals surface area contributed by atoms with E-state index in [4.69, 9.17) is 21.1 Å². The highest BCUT2D eigenvalue weighted by Crippen LogP contribution is 2.34. The Morgan fingerprint density at radius 2 is 1.95 bits per heavy atom. The quantitative estimate of drug-likeness (QED) is 0.226. The summed E-state index contributed by atoms with van der Waals surface area (Å²) in [7, 11) is 1.80. The van der Waals surface area contributed by atoms with Crippen LogP contribution in [0.1, 0.15) is 35.8 Å². The van der Waals surface area contributed by atoms with Gasteiger partial charge in [-0.3, -0.25) is 14.4 Å². The lowest BCUT2D eigenvalue weighted by Gasteiger charge is -2.31. The monoisotopic (exact) mass is 614 g/mol. The van der Waals surface area contributed by atoms with Crippen molar-refractivity contribution in [3.05, 3.63) is 87.0 Å². The Kier molecular flexibility index (Phi) is 8.08. The number of fused-ring (bicyclic) bond motifs is 1. The maximum absolute atomic E-state index is 14.1. The molecule has 3 aromatic heterocycles. The third-order valence-corrected chi connectivity index (χ3v) is 7.72. The number of aryl methyl sites for hydroxylation is 1. The first-order valence-electron chi connectivity index (χ1n) is 13.5. The van der Waals surface area contributed by atoms with Crippen molar-refractivity contribution in [1.29, 1.82) is 0 Å². The molecule has 0 amide bonds. The van der Waals surface area contributed by atoms with Gasteiger partial charge in [0.2, 0.25) is 5.88 Å². The number of ether oxygens (including phenoxy) is 2. The van der Waals surface area contributed by atoms with Crippen molar-refractivity contribution < 1.29 is 27.2 Å². The largest absolute Gasteiger partial charge is 0.473 e. The molecule has 1 saturated heterocycles. The molecule has 0 aliphatic carbocycles. The molecule has 0 bridgehead atoms. The van der Waals surface area contributed by atoms with E-state index in [1.807, 2.05) is 16.7 Å². The number of imidazole rings is 1. The SMILES string of the molecule is Cn1c(CN2CCC(c3cccc(OCc4ccc(Cl)cc4F)n3)CC2)nc2c(OC(F)F)cc(-c3noc(=O)[nH]3)cc21. The average Bonchev–Trinajstić information content (AvgIpc) is 3.56. The number of nitrogens with zero attached hydrogens (tertiary/aromatic N) is 5. The number of rotatable bonds is 9. The Morgan fingerprint density at radius 1 is 1.14 bits per heavy atom. The zero-order valence-electron chi connectivity index (χ0n) is 22.9. The molecular formula is C29H26ClF3N6O4. The van der Waals surface area contributed by atoms with Gasteiger partial charge in [-0.1, -0.05) is 28.9 Å². The third-order valence-electron chi connectivity index (χ3n) is 7.48. The van der Waals surface area contributed by atoms with Crippen LogP contribution in [0.2, 0.25) is 5.02 Å². The summed E-state index contributed by atoms with van der Waals surface area (Å²) < 4.78 is 57.5. The number of halogens is 4. The molecule has 2 aromatic carbocycles. The summed E-state index contributed by atoms with van der Waals surface area (Å²) in [5.74, 6) is 0.0799. The standard InChI is InChI=1S/C29H26ClF3N6O4/c1-38-22-11-18(27-36-29(40)43-37-27)12-23(42-28(32)33)26(22)35-24(38)14-39-9-7-16(8-10-39)21-3-2-4-25(34-21)41-15-17-5-6-19(30)13-20(17)31/h2-6,11-13,16,28H,7-10,14-15H2,1H3,(H,36,37,40). The van der Waals surface area contributed by atoms with Crippen molar-refractivity contribution in [2.75, 3.05) is 13.1 Å². The van der Waals surface area contributed by atoms with E-state index in [2.05, 4.69) is 29.5 Å². The second kappa shape index (κ2) is 12.1. The normalized spacial score (nSPS) is 14.6. The van der Waals surface area contributed by atoms with Crippen molar-refractivity contribution in [2.24, 2.45) is 7.05 Å². The van der Waals surface area contributed by atoms with E-state index >= 15 is 0 Å². The number of H-pyrrole nitrogens is 1. The lowest BCUT2D eigenvalue weighted by molar-refractivity contribution is -0.0488. The first-order valence-corrected chi connectivity index (χ1v) is 13.9. The van der Waals surface area contributed by atoms with Gasteiger partial charge in [0.25, 0.3) is 0 Å². The number of hydrogen-bond donors (Lipinski definition) is 1. The minimum atomic E-state index is -3.06. The molecule has 0 spiro atoms. The maximum Gasteiger partial charge on any atom is 0.439 e. The van der Waals surface area contributed by atoms with Gasteiger partial charge in [-0.15, -0.1) is 0 Å². The van der Waals surface area contributed by atoms with Crippen LogP contribution in [0, 0.1) is 5.82 Å². The summed E-state index contributed by atoms with van der Waals surface area (Å²) in [6, 6.07) is 13.1. The topological polar surface area (TPSA) is 111 Å². The summed E-state index contributed by atoms with van der Waals surface area (Å²) >= 11 is 5.83. The summed E-state index contributed by atoms with van der Waals surface area (Å²) in [6.45, 7) is -0.996. The number of nitrogens with one attached hydrogen (secondary N) is 1. The molecule has 5 aromatic rings. The first-order chi connectivity index (χ1) is 20.7. The molecule has 224 valence electrons. The second-order valence-electron chi connectivity index (χ2n) is 10.2. The first kappa shape index (κ1) is 28.7. The van der Waals surface area contributed by atoms with Crippen LogP contribution < -0.4 is 15.2 Å². The lowest BCUT2D eigenvalue weighted by Crippen LogP contribution is -2.33. The number of aromatic amines is 1. The fourth-order valence-electron chi connectivity index (χ4n) is 5.24. The molecular weight excluding hydrogens is 589 g/mol. The van der Waals surface area contributed by atoms with Gasteiger partial charge >= 0.3 is 12.4 Å². The van der Waals surface area contributed by atoms with E-state index in [0.717, 1.165) is 31.6 Å². The Morgan fingerprint density at radius 3 is 2.67 bits per heavy atom. The number of piperidine rings is 1. The van der Waals surface area contributed by atoms with Gasteiger partial charge in [-0.05, 0) is 56.3 Å². The van der Waals surface area contributed by atoms with Crippen molar-refractivity contribution in [2.45, 2.75) is 38.5 Å². The van der Waals surface area contributed by atoms with Crippen LogP contribution in [0.4, 0.5) is 13.2 Å². The number of pyridine rings is 1. The highest BCUT2D eigenvalue weighted by molar-refractivity contribution is 6.30. The van der Waals surface area contributed by atoms with E-state index in [9.17, 15) is 18.0 Å². The summed E-state index contributed by atoms with van der Waals surface area (Å²) in [6.07, 6.45) is 1.69. The van der Waals surface area contributed by atoms with Crippen LogP contribution in [-0.4, -0.2) is 49.3 Å². The molecule has 0 radical (unpaired) electrons. The number of aromatic nitrogens is 5. The Bertz CT molecular complexity index is 1820. The van der Waals surface area contributed by atoms with Crippen molar-refractivity contribution in [1.82, 2.24) is 29.6 Å². The Balaban J connectivity index is 1.13. The molecule has 1 aliphatic rings. The predicted octanol–water partition coefficient (Wildman–Crippen LogP) is 5.66. The predicted molar refractivity (Wildman–Crippen MR) is 151 cm³/mol. The molecule has 1 fully saturated rings. The van der Waals surface area contributed by atoms with Gasteiger partial charge < -0.3 is 14.0 Å². The van der Waals surface area contributed by atoms with Gasteiger partial charge in [-0.2, -0.15) is 8.78 Å². The van der Waals surface area contributed by atoms with Gasteiger partial charge in [0.05, 0.1) is 12.1 Å². The van der Waals surface area contributed by atoms with E-state index in [0.29, 0.717) is 39.9 Å². The van der Waals surface area contributed by atoms with Crippen molar-refractivity contribution in [3.63, 3.8) is 0 Å². The van der Waals surface area contributed by atoms with E-state index < -0.39 is 18.2 Å². The number of alkyl halides is 2. The number of hydrogen-bond acceptors (Lipinski definition) is 8. The van der Waals surface area contributed by atoms with Crippen LogP contribution in [0.15, 0.2) is 57.8 Å². The van der Waals surface area contributed by atoms with Crippen LogP contribution in [0.25, 0.3) is 22.4 Å². The fourth-order valence-corrected chi connectivity index (χ4v) is 5.40. The third kappa shape index (κ3) is 6.37. The molecule has 14 heteroatoms. The summed E-state index contributed by atoms with van der Waals surface area (Å²) in [5, 5.41) is 3.98. The number of likely N-dealkylation sites (tertiary alicyclic amines) is 1. The van der Waals surface area contributed by atoms with E-state index in [1.165, 1.54) is 12.1 Å². The highest BCUT2D eigenvalue weighted by Gasteiger charge is 2.25. The zero-order valence-corrected chi connectivity index (χ0v) is 23.7. The lowest BCUT2D eigenvalue weighted by atomic mass is 9.93. The van der Waals surface area contributed by atoms with Crippen LogP contribution in [0.5, 0.6) is 11.6 Å². The molecule has 0 unspecified atom stereocenters. The van der Waals surface area contributed by atoms with E-state index in [-0.39, 0.29) is 29.6 Å². The average molecular weight is 615 g/mol. The Hall–Kier alpha value is -4.36. The minimum absolute atomic E-state index is 0.0397. The summed E-state index contributed by atoms with van der Waals surface area (Å²) in [4.78, 5) is 25.4. The van der Waals surface area contributed by atoms with Crippen LogP contribution in [-0.2, 0) is 20.2 Å². The number of benzene rings is 2. The maximum atomic E-state index is 14.1. The molecule has 1 aliphatic heterocycles. The smallest absolute Gasteiger partial charge is 0.439 e. The fraction of sp³-hybridized carbons (Fsp3) is 0.310. The zero-order chi connectivity index (χ0) is 30.1. The second-order valence-corrected chi connectivity index (χ2v) is 10.7. The molecule has 10 nitrogen and oxygen atoms in total. The van der Waals surface area contributed by atoms with Crippen molar-refractivity contribution in [3.8, 4) is 23.0 Å². The van der Waals surface area contributed by atoms with Gasteiger partial charge in [0.15, 0.2) is 11.6 Å². The van der Waals surface area contributed by atoms with Crippen LogP contribution >= 0.6 is 11.6 Å². The highest BCUT2D eigenvalue weighted by atomic mass is 35.5. The summed E-state index contributed by atoms with van der Waals surface area (Å²) in [5.41, 5.74) is 2.47. The molecule has 4 heterocycles. The van der Waals surface area contributed by atoms with Crippen LogP contribution in [0.3, 0.4) is 0 Å². The Labute approximate surface area is 248 Å². The van der Waals surface area contributed by atoms with E-state index in [1.54, 1.807) is 31.3 Å². The molecule has 6 rings (SSSR count). The van der Waals surface area contributed by atoms with Gasteiger partial charge in [0, 0.05) is 40.9 Å². The molecule has 43 heavy (non-hydrogen) atoms. The molecule has 0 atom stereocenters. The van der Waals surface area contributed by atoms with Gasteiger partial charge in [-0.25, -0.2) is 19.2 Å². The minimum Gasteiger partial charge on any atom is -0.473 e. The molecule has 1 N–H and O–H groups in total. The molecule has 0 saturated carbocycles.